The fourth-order valence-corrected chi connectivity index (χ4v) is 4.29. The van der Waals surface area contributed by atoms with Gasteiger partial charge in [0.05, 0.1) is 38.4 Å². The van der Waals surface area contributed by atoms with Gasteiger partial charge in [0.25, 0.3) is 0 Å². The van der Waals surface area contributed by atoms with Crippen molar-refractivity contribution in [3.8, 4) is 5.75 Å². The summed E-state index contributed by atoms with van der Waals surface area (Å²) in [4.78, 5) is 0. The van der Waals surface area contributed by atoms with Crippen molar-refractivity contribution >= 4 is 0 Å². The van der Waals surface area contributed by atoms with Gasteiger partial charge in [-0.1, -0.05) is 0 Å². The third kappa shape index (κ3) is 10.6. The molecule has 0 amide bonds. The second kappa shape index (κ2) is 17.3. The van der Waals surface area contributed by atoms with E-state index < -0.39 is 0 Å². The average Bonchev–Trinajstić information content (AvgIpc) is 3.76. The minimum atomic E-state index is 0.343. The molecule has 1 aromatic carbocycles. The summed E-state index contributed by atoms with van der Waals surface area (Å²) in [5.41, 5.74) is 2.94. The van der Waals surface area contributed by atoms with E-state index in [4.69, 9.17) is 13.3 Å². The van der Waals surface area contributed by atoms with Gasteiger partial charge in [-0.05, 0) is 54.1 Å². The largest absolute Gasteiger partial charge is 0.507 e. The summed E-state index contributed by atoms with van der Waals surface area (Å²) in [5, 5.41) is 31.5. The van der Waals surface area contributed by atoms with E-state index in [2.05, 4.69) is 44.0 Å². The van der Waals surface area contributed by atoms with Crippen molar-refractivity contribution < 1.29 is 18.4 Å². The molecule has 216 valence electrons. The van der Waals surface area contributed by atoms with Crippen molar-refractivity contribution in [2.75, 3.05) is 39.3 Å². The molecule has 0 aliphatic carbocycles. The molecule has 0 aliphatic heterocycles. The van der Waals surface area contributed by atoms with Crippen LogP contribution in [0.1, 0.15) is 34.0 Å². The molecule has 0 unspecified atom stereocenters. The lowest BCUT2D eigenvalue weighted by Gasteiger charge is -2.15. The Bertz CT molecular complexity index is 1110. The van der Waals surface area contributed by atoms with Gasteiger partial charge < -0.3 is 50.3 Å². The number of phenols is 1. The molecule has 3 aromatic heterocycles. The van der Waals surface area contributed by atoms with Crippen LogP contribution >= 0.6 is 0 Å². The number of rotatable bonds is 21. The number of benzene rings is 1. The average molecular weight is 551 g/mol. The Morgan fingerprint density at radius 3 is 1.18 bits per heavy atom. The highest BCUT2D eigenvalue weighted by Gasteiger charge is 2.10. The maximum absolute atomic E-state index is 11.0. The van der Waals surface area contributed by atoms with Crippen molar-refractivity contribution in [2.45, 2.75) is 39.3 Å². The van der Waals surface area contributed by atoms with E-state index in [0.29, 0.717) is 38.5 Å². The Morgan fingerprint density at radius 1 is 0.475 bits per heavy atom. The van der Waals surface area contributed by atoms with E-state index in [1.807, 2.05) is 36.4 Å². The van der Waals surface area contributed by atoms with Crippen LogP contribution in [0.15, 0.2) is 80.6 Å². The minimum Gasteiger partial charge on any atom is -0.507 e. The molecule has 4 aromatic rings. The first-order valence-corrected chi connectivity index (χ1v) is 13.9. The summed E-state index contributed by atoms with van der Waals surface area (Å²) in [6.07, 6.45) is 5.05. The van der Waals surface area contributed by atoms with Gasteiger partial charge in [0.2, 0.25) is 0 Å². The van der Waals surface area contributed by atoms with Gasteiger partial charge in [0.1, 0.15) is 23.0 Å². The molecule has 4 rings (SSSR count). The Morgan fingerprint density at radius 2 is 0.825 bits per heavy atom. The van der Waals surface area contributed by atoms with E-state index in [9.17, 15) is 5.11 Å². The van der Waals surface area contributed by atoms with Crippen LogP contribution in [-0.4, -0.2) is 44.4 Å². The fourth-order valence-electron chi connectivity index (χ4n) is 4.29. The first-order valence-electron chi connectivity index (χ1n) is 13.9. The predicted octanol–water partition coefficient (Wildman–Crippen LogP) is 2.81. The maximum Gasteiger partial charge on any atom is 0.124 e. The molecular formula is C30H42N6O4. The van der Waals surface area contributed by atoms with Gasteiger partial charge in [0, 0.05) is 70.0 Å². The molecule has 3 heterocycles. The second-order valence-corrected chi connectivity index (χ2v) is 9.56. The maximum atomic E-state index is 11.0. The molecule has 0 saturated carbocycles. The van der Waals surface area contributed by atoms with E-state index >= 15 is 0 Å². The van der Waals surface area contributed by atoms with Gasteiger partial charge in [0.15, 0.2) is 0 Å². The summed E-state index contributed by atoms with van der Waals surface area (Å²) in [6, 6.07) is 15.7. The lowest BCUT2D eigenvalue weighted by molar-refractivity contribution is 0.450. The fraction of sp³-hybridized carbons (Fsp3) is 0.400. The van der Waals surface area contributed by atoms with E-state index in [0.717, 1.165) is 79.8 Å². The molecule has 7 N–H and O–H groups in total. The van der Waals surface area contributed by atoms with Gasteiger partial charge in [-0.25, -0.2) is 0 Å². The van der Waals surface area contributed by atoms with Crippen molar-refractivity contribution in [3.05, 3.63) is 101 Å². The third-order valence-electron chi connectivity index (χ3n) is 6.36. The minimum absolute atomic E-state index is 0.343. The quantitative estimate of drug-likeness (QED) is 0.0777. The van der Waals surface area contributed by atoms with Crippen LogP contribution in [-0.2, 0) is 39.3 Å². The van der Waals surface area contributed by atoms with Crippen LogP contribution in [0.25, 0.3) is 0 Å². The molecule has 0 aliphatic rings. The third-order valence-corrected chi connectivity index (χ3v) is 6.36. The topological polar surface area (TPSA) is 132 Å². The Labute approximate surface area is 235 Å². The van der Waals surface area contributed by atoms with Crippen LogP contribution < -0.4 is 31.9 Å². The van der Waals surface area contributed by atoms with Crippen LogP contribution in [0.3, 0.4) is 0 Å². The van der Waals surface area contributed by atoms with Gasteiger partial charge in [-0.3, -0.25) is 0 Å². The second-order valence-electron chi connectivity index (χ2n) is 9.56. The highest BCUT2D eigenvalue weighted by molar-refractivity contribution is 5.44. The van der Waals surface area contributed by atoms with Gasteiger partial charge >= 0.3 is 0 Å². The smallest absolute Gasteiger partial charge is 0.124 e. The summed E-state index contributed by atoms with van der Waals surface area (Å²) >= 11 is 0. The van der Waals surface area contributed by atoms with Crippen molar-refractivity contribution in [1.29, 1.82) is 0 Å². The lowest BCUT2D eigenvalue weighted by Crippen LogP contribution is -2.28. The van der Waals surface area contributed by atoms with Crippen LogP contribution in [0.5, 0.6) is 5.75 Å². The number of hydrogen-bond donors (Lipinski definition) is 7. The van der Waals surface area contributed by atoms with E-state index in [-0.39, 0.29) is 0 Å². The molecule has 0 atom stereocenters. The number of aromatic hydroxyl groups is 1. The summed E-state index contributed by atoms with van der Waals surface area (Å²) in [6.45, 7) is 8.81. The van der Waals surface area contributed by atoms with Gasteiger partial charge in [-0.15, -0.1) is 0 Å². The number of furan rings is 3. The summed E-state index contributed by atoms with van der Waals surface area (Å²) in [7, 11) is 0. The molecule has 0 fully saturated rings. The molecule has 0 radical (unpaired) electrons. The van der Waals surface area contributed by atoms with Crippen molar-refractivity contribution in [2.24, 2.45) is 0 Å². The van der Waals surface area contributed by atoms with Gasteiger partial charge in [-0.2, -0.15) is 0 Å². The number of nitrogens with one attached hydrogen (secondary N) is 6. The molecule has 0 spiro atoms. The molecule has 10 nitrogen and oxygen atoms in total. The van der Waals surface area contributed by atoms with Crippen LogP contribution in [0.2, 0.25) is 0 Å². The SMILES string of the molecule is Oc1c(CNCCNCc2ccco2)cc(CNCCNCc2ccco2)cc1CNCCNCc1ccco1. The number of hydrogen-bond acceptors (Lipinski definition) is 10. The molecule has 0 saturated heterocycles. The van der Waals surface area contributed by atoms with Crippen LogP contribution in [0, 0.1) is 0 Å². The lowest BCUT2D eigenvalue weighted by atomic mass is 10.0. The zero-order valence-corrected chi connectivity index (χ0v) is 23.0. The Hall–Kier alpha value is -3.38. The van der Waals surface area contributed by atoms with E-state index in [1.165, 1.54) is 0 Å². The number of phenolic OH excluding ortho intramolecular Hbond substituents is 1. The highest BCUT2D eigenvalue weighted by Crippen LogP contribution is 2.25. The standard InChI is InChI=1S/C30H42N6O4/c37-30-25(19-32-8-11-35-22-28-5-2-14-39-28)16-24(18-31-7-10-34-21-27-4-1-13-38-27)17-26(30)20-33-9-12-36-23-29-6-3-15-40-29/h1-6,13-17,31-37H,7-12,18-23H2. The highest BCUT2D eigenvalue weighted by atomic mass is 16.3. The first kappa shape index (κ1) is 29.6. The molecule has 40 heavy (non-hydrogen) atoms. The zero-order chi connectivity index (χ0) is 27.7. The Balaban J connectivity index is 1.21. The molecular weight excluding hydrogens is 508 g/mol. The van der Waals surface area contributed by atoms with Crippen molar-refractivity contribution in [1.82, 2.24) is 31.9 Å². The summed E-state index contributed by atoms with van der Waals surface area (Å²) in [5.74, 6) is 3.11. The molecule has 10 heteroatoms. The molecule has 0 bridgehead atoms. The first-order chi connectivity index (χ1) is 19.8. The predicted molar refractivity (Wildman–Crippen MR) is 154 cm³/mol. The van der Waals surface area contributed by atoms with Crippen LogP contribution in [0.4, 0.5) is 0 Å². The monoisotopic (exact) mass is 550 g/mol. The zero-order valence-electron chi connectivity index (χ0n) is 23.0. The van der Waals surface area contributed by atoms with E-state index in [1.54, 1.807) is 18.8 Å². The van der Waals surface area contributed by atoms with Crippen molar-refractivity contribution in [3.63, 3.8) is 0 Å². The summed E-state index contributed by atoms with van der Waals surface area (Å²) < 4.78 is 16.1. The Kier molecular flexibility index (Phi) is 12.8. The normalized spacial score (nSPS) is 11.4.